The molecule has 5 rings (SSSR count). The number of benzene rings is 1. The summed E-state index contributed by atoms with van der Waals surface area (Å²) in [4.78, 5) is 29.8. The Morgan fingerprint density at radius 2 is 2.15 bits per heavy atom. The number of pyridine rings is 1. The average molecular weight is 455 g/mol. The molecular formula is C22H26FN7O3. The van der Waals surface area contributed by atoms with Crippen LogP contribution in [0.4, 0.5) is 26.4 Å². The number of hydrogen-bond donors (Lipinski definition) is 3. The third kappa shape index (κ3) is 4.58. The normalized spacial score (nSPS) is 17.4. The number of amides is 2. The van der Waals surface area contributed by atoms with Gasteiger partial charge < -0.3 is 20.6 Å². The number of carboxylic acid groups (broad SMARTS) is 1. The molecule has 0 spiro atoms. The van der Waals surface area contributed by atoms with Crippen molar-refractivity contribution in [3.8, 4) is 0 Å². The van der Waals surface area contributed by atoms with Crippen LogP contribution in [0.2, 0.25) is 0 Å². The lowest BCUT2D eigenvalue weighted by molar-refractivity contribution is -0.122. The largest absolute Gasteiger partial charge is 0.483 e. The number of hydrogen-bond acceptors (Lipinski definition) is 6. The second kappa shape index (κ2) is 9.41. The van der Waals surface area contributed by atoms with Crippen molar-refractivity contribution < 1.29 is 19.1 Å². The zero-order chi connectivity index (χ0) is 23.5. The molecule has 33 heavy (non-hydrogen) atoms. The van der Waals surface area contributed by atoms with Crippen molar-refractivity contribution in [3.05, 3.63) is 42.0 Å². The summed E-state index contributed by atoms with van der Waals surface area (Å²) in [5.74, 6) is 0.220. The van der Waals surface area contributed by atoms with Gasteiger partial charge in [-0.2, -0.15) is 5.10 Å². The van der Waals surface area contributed by atoms with Crippen LogP contribution in [-0.4, -0.2) is 64.6 Å². The van der Waals surface area contributed by atoms with Crippen LogP contribution in [0.3, 0.4) is 0 Å². The molecule has 3 aromatic rings. The van der Waals surface area contributed by atoms with Crippen LogP contribution in [0.25, 0.3) is 10.9 Å². The number of nitrogens with zero attached hydrogens (tertiary/aromatic N) is 5. The van der Waals surface area contributed by atoms with E-state index in [1.54, 1.807) is 35.1 Å². The van der Waals surface area contributed by atoms with Crippen LogP contribution in [0.5, 0.6) is 0 Å². The lowest BCUT2D eigenvalue weighted by Crippen LogP contribution is -2.49. The van der Waals surface area contributed by atoms with Crippen molar-refractivity contribution in [3.63, 3.8) is 0 Å². The van der Waals surface area contributed by atoms with Gasteiger partial charge in [-0.1, -0.05) is 0 Å². The molecule has 1 saturated heterocycles. The molecule has 174 valence electrons. The smallest absolute Gasteiger partial charge is 0.327 e. The molecule has 4 heterocycles. The van der Waals surface area contributed by atoms with Gasteiger partial charge in [0.25, 0.3) is 6.47 Å². The second-order valence-corrected chi connectivity index (χ2v) is 8.07. The maximum atomic E-state index is 14.4. The summed E-state index contributed by atoms with van der Waals surface area (Å²) in [7, 11) is 1.74. The number of aromatic nitrogens is 3. The Morgan fingerprint density at radius 3 is 2.91 bits per heavy atom. The molecule has 0 unspecified atom stereocenters. The first-order valence-electron chi connectivity index (χ1n) is 10.7. The molecule has 2 aliphatic heterocycles. The minimum absolute atomic E-state index is 0.250. The number of carbonyl (C=O) groups excluding carboxylic acids is 1. The first-order valence-corrected chi connectivity index (χ1v) is 10.7. The first-order chi connectivity index (χ1) is 15.9. The van der Waals surface area contributed by atoms with E-state index in [4.69, 9.17) is 9.90 Å². The molecule has 2 amide bonds. The van der Waals surface area contributed by atoms with E-state index < -0.39 is 5.82 Å². The summed E-state index contributed by atoms with van der Waals surface area (Å²) in [5, 5.41) is 17.9. The average Bonchev–Trinajstić information content (AvgIpc) is 3.37. The van der Waals surface area contributed by atoms with Gasteiger partial charge in [0, 0.05) is 74.0 Å². The predicted octanol–water partition coefficient (Wildman–Crippen LogP) is 2.20. The lowest BCUT2D eigenvalue weighted by Gasteiger charge is -2.34. The van der Waals surface area contributed by atoms with Crippen LogP contribution < -0.4 is 20.4 Å². The fraction of sp³-hybridized carbons (Fsp3) is 0.364. The molecule has 11 heteroatoms. The number of carbonyl (C=O) groups is 2. The zero-order valence-corrected chi connectivity index (χ0v) is 18.5. The van der Waals surface area contributed by atoms with Gasteiger partial charge in [-0.25, -0.2) is 14.2 Å². The summed E-state index contributed by atoms with van der Waals surface area (Å²) in [6, 6.07) is 5.17. The number of urea groups is 1. The standard InChI is InChI=1S/C21H24FN7O.CH2O2/c1-13-11-28(8-6-23-13)18-3-5-24-20-16(18)4-7-29(20)21(30)25-15-9-14-12-27(2)26-19(14)17(22)10-15;2-1-3/h3,5,9-10,12-13,23H,4,6-8,11H2,1-2H3,(H,25,30);1H,(H,2,3)/t13-;/m1./s1. The molecule has 2 aliphatic rings. The Kier molecular flexibility index (Phi) is 6.40. The van der Waals surface area contributed by atoms with Crippen molar-refractivity contribution in [2.24, 2.45) is 7.05 Å². The summed E-state index contributed by atoms with van der Waals surface area (Å²) < 4.78 is 15.9. The summed E-state index contributed by atoms with van der Waals surface area (Å²) >= 11 is 0. The van der Waals surface area contributed by atoms with Crippen LogP contribution in [-0.2, 0) is 18.3 Å². The number of aryl methyl sites for hydroxylation is 1. The van der Waals surface area contributed by atoms with Crippen molar-refractivity contribution >= 4 is 40.6 Å². The number of anilines is 3. The van der Waals surface area contributed by atoms with E-state index in [0.29, 0.717) is 35.0 Å². The van der Waals surface area contributed by atoms with E-state index in [9.17, 15) is 9.18 Å². The number of halogens is 1. The molecule has 0 aliphatic carbocycles. The quantitative estimate of drug-likeness (QED) is 0.508. The van der Waals surface area contributed by atoms with Crippen molar-refractivity contribution in [1.82, 2.24) is 20.1 Å². The van der Waals surface area contributed by atoms with E-state index in [0.717, 1.165) is 37.3 Å². The van der Waals surface area contributed by atoms with E-state index in [2.05, 4.69) is 32.5 Å². The maximum Gasteiger partial charge on any atom is 0.327 e. The van der Waals surface area contributed by atoms with E-state index in [1.165, 1.54) is 6.07 Å². The minimum Gasteiger partial charge on any atom is -0.483 e. The fourth-order valence-electron chi connectivity index (χ4n) is 4.39. The summed E-state index contributed by atoms with van der Waals surface area (Å²) in [6.45, 7) is 5.26. The summed E-state index contributed by atoms with van der Waals surface area (Å²) in [6.07, 6.45) is 4.23. The van der Waals surface area contributed by atoms with Crippen LogP contribution in [0.15, 0.2) is 30.6 Å². The number of nitrogens with one attached hydrogen (secondary N) is 2. The van der Waals surface area contributed by atoms with E-state index >= 15 is 0 Å². The van der Waals surface area contributed by atoms with Crippen molar-refractivity contribution in [1.29, 1.82) is 0 Å². The monoisotopic (exact) mass is 455 g/mol. The molecule has 0 radical (unpaired) electrons. The Hall–Kier alpha value is -3.73. The van der Waals surface area contributed by atoms with Gasteiger partial charge in [0.05, 0.1) is 0 Å². The number of rotatable bonds is 2. The molecule has 0 bridgehead atoms. The van der Waals surface area contributed by atoms with Gasteiger partial charge in [0.1, 0.15) is 11.3 Å². The zero-order valence-electron chi connectivity index (χ0n) is 18.5. The van der Waals surface area contributed by atoms with E-state index in [1.807, 2.05) is 6.07 Å². The van der Waals surface area contributed by atoms with Gasteiger partial charge in [0.2, 0.25) is 0 Å². The molecule has 1 atom stereocenters. The third-order valence-corrected chi connectivity index (χ3v) is 5.73. The van der Waals surface area contributed by atoms with Crippen LogP contribution in [0, 0.1) is 5.82 Å². The fourth-order valence-corrected chi connectivity index (χ4v) is 4.39. The van der Waals surface area contributed by atoms with Crippen LogP contribution >= 0.6 is 0 Å². The lowest BCUT2D eigenvalue weighted by atomic mass is 10.1. The van der Waals surface area contributed by atoms with Gasteiger partial charge in [-0.05, 0) is 31.5 Å². The number of piperazine rings is 1. The highest BCUT2D eigenvalue weighted by atomic mass is 19.1. The van der Waals surface area contributed by atoms with Gasteiger partial charge in [-0.3, -0.25) is 14.4 Å². The van der Waals surface area contributed by atoms with Crippen molar-refractivity contribution in [2.75, 3.05) is 41.3 Å². The Morgan fingerprint density at radius 1 is 1.36 bits per heavy atom. The third-order valence-electron chi connectivity index (χ3n) is 5.73. The highest BCUT2D eigenvalue weighted by Crippen LogP contribution is 2.34. The SMILES string of the molecule is C[C@@H]1CN(c2ccnc3c2CCN3C(=O)Nc2cc(F)c3nn(C)cc3c2)CCN1.O=CO. The first kappa shape index (κ1) is 22.5. The Bertz CT molecular complexity index is 1180. The molecule has 1 fully saturated rings. The number of fused-ring (bicyclic) bond motifs is 2. The van der Waals surface area contributed by atoms with Gasteiger partial charge in [0.15, 0.2) is 5.82 Å². The van der Waals surface area contributed by atoms with Gasteiger partial charge >= 0.3 is 6.03 Å². The van der Waals surface area contributed by atoms with E-state index in [-0.39, 0.29) is 12.5 Å². The van der Waals surface area contributed by atoms with Crippen LogP contribution in [0.1, 0.15) is 12.5 Å². The second-order valence-electron chi connectivity index (χ2n) is 8.07. The molecule has 0 saturated carbocycles. The predicted molar refractivity (Wildman–Crippen MR) is 123 cm³/mol. The van der Waals surface area contributed by atoms with Crippen molar-refractivity contribution in [2.45, 2.75) is 19.4 Å². The molecule has 2 aromatic heterocycles. The Balaban J connectivity index is 0.000000821. The highest BCUT2D eigenvalue weighted by molar-refractivity contribution is 6.03. The molecule has 10 nitrogen and oxygen atoms in total. The summed E-state index contributed by atoms with van der Waals surface area (Å²) in [5.41, 5.74) is 2.93. The molecule has 1 aromatic carbocycles. The minimum atomic E-state index is -0.460. The topological polar surface area (TPSA) is 116 Å². The highest BCUT2D eigenvalue weighted by Gasteiger charge is 2.30. The van der Waals surface area contributed by atoms with Gasteiger partial charge in [-0.15, -0.1) is 0 Å². The maximum absolute atomic E-state index is 14.4. The Labute approximate surface area is 190 Å². The molecular weight excluding hydrogens is 429 g/mol. The molecule has 3 N–H and O–H groups in total.